The molecule has 3 unspecified atom stereocenters. The summed E-state index contributed by atoms with van der Waals surface area (Å²) in [5.41, 5.74) is 6.61. The number of pyridine rings is 8. The fraction of sp³-hybridized carbons (Fsp3) is 0.167. The molecule has 3 atom stereocenters. The standard InChI is InChI=1S/C48H48N12O8P4/c1-33-9-17-49-41(25-33)61-58-69(64-44-28-36(4)12-20-52-44)57-72(67-47-31-39(7)15-23-55-47,68-48-32-40(8)16-24-56-48)60(63-43-27-35(3)11-19-51-43)71(66-46-30-38(6)14-22-54-46)59(62-42-26-34(2)10-18-50-42)70(58)65-45-29-37(5)13-21-53-45/h9-32H,1-8H3. The molecule has 0 aromatic carbocycles. The Morgan fingerprint density at radius 1 is 0.333 bits per heavy atom. The van der Waals surface area contributed by atoms with E-state index in [1.54, 1.807) is 98.1 Å². The topological polar surface area (TPSA) is 199 Å². The van der Waals surface area contributed by atoms with Crippen LogP contribution in [0.3, 0.4) is 0 Å². The lowest BCUT2D eigenvalue weighted by atomic mass is 10.3. The van der Waals surface area contributed by atoms with E-state index >= 15 is 0 Å². The molecule has 1 aliphatic heterocycles. The van der Waals surface area contributed by atoms with Crippen molar-refractivity contribution in [1.29, 1.82) is 0 Å². The first kappa shape index (κ1) is 50.0. The molecular formula is C48H48N12O8P4. The molecule has 20 nitrogen and oxygen atoms in total. The number of nitrogens with zero attached hydrogens (tertiary/aromatic N) is 12. The minimum absolute atomic E-state index is 0.0847. The third-order valence-corrected chi connectivity index (χ3v) is 18.5. The summed E-state index contributed by atoms with van der Waals surface area (Å²) in [4.78, 5) is 58.5. The number of aryl methyl sites for hydroxylation is 8. The maximum absolute atomic E-state index is 7.24. The second-order valence-corrected chi connectivity index (χ2v) is 23.5. The van der Waals surface area contributed by atoms with Crippen LogP contribution in [0.15, 0.2) is 151 Å². The van der Waals surface area contributed by atoms with Crippen LogP contribution in [0, 0.1) is 55.4 Å². The molecule has 8 aromatic rings. The van der Waals surface area contributed by atoms with Crippen LogP contribution in [0.5, 0.6) is 47.0 Å². The lowest BCUT2D eigenvalue weighted by molar-refractivity contribution is 0.0313. The third-order valence-electron chi connectivity index (χ3n) is 9.74. The van der Waals surface area contributed by atoms with Crippen molar-refractivity contribution in [1.82, 2.24) is 53.7 Å². The molecule has 0 saturated carbocycles. The summed E-state index contributed by atoms with van der Waals surface area (Å²) in [5, 5.41) is 0. The zero-order valence-corrected chi connectivity index (χ0v) is 43.9. The summed E-state index contributed by atoms with van der Waals surface area (Å²) in [6.07, 6.45) is 12.9. The monoisotopic (exact) mass is 1040 g/mol. The van der Waals surface area contributed by atoms with Gasteiger partial charge in [-0.1, -0.05) is 0 Å². The lowest BCUT2D eigenvalue weighted by Crippen LogP contribution is -2.40. The largest absolute Gasteiger partial charge is 0.449 e. The lowest BCUT2D eigenvalue weighted by Gasteiger charge is -2.44. The summed E-state index contributed by atoms with van der Waals surface area (Å²) < 4.78 is 45.6. The average Bonchev–Trinajstić information content (AvgIpc) is 3.33. The van der Waals surface area contributed by atoms with E-state index in [0.717, 1.165) is 44.5 Å². The molecule has 72 heavy (non-hydrogen) atoms. The molecule has 0 N–H and O–H groups in total. The number of aromatic nitrogens is 8. The van der Waals surface area contributed by atoms with Gasteiger partial charge in [-0.15, -0.1) is 4.52 Å². The molecule has 1 aliphatic rings. The Balaban J connectivity index is 1.44. The Morgan fingerprint density at radius 3 is 1.01 bits per heavy atom. The zero-order chi connectivity index (χ0) is 50.2. The molecule has 0 spiro atoms. The zero-order valence-electron chi connectivity index (χ0n) is 40.3. The highest BCUT2D eigenvalue weighted by Crippen LogP contribution is 2.78. The Labute approximate surface area is 420 Å². The van der Waals surface area contributed by atoms with Gasteiger partial charge in [0.1, 0.15) is 0 Å². The SMILES string of the molecule is Cc1ccnc(ON2P(Oc3cc(C)ccn3)N=P(Oc3cc(C)ccn3)(Oc3cc(C)ccn3)N(Oc3cc(C)ccn3)P(Oc3cc(C)ccn3)N(Oc3cc(C)ccn3)P2Oc2cc(C)ccn2)c1. The van der Waals surface area contributed by atoms with Crippen molar-refractivity contribution in [2.45, 2.75) is 55.4 Å². The van der Waals surface area contributed by atoms with Crippen molar-refractivity contribution < 1.29 is 37.1 Å². The summed E-state index contributed by atoms with van der Waals surface area (Å²) in [5.74, 6) is 0.972. The van der Waals surface area contributed by atoms with E-state index < -0.39 is 33.0 Å². The fourth-order valence-corrected chi connectivity index (χ4v) is 15.8. The van der Waals surface area contributed by atoms with Crippen molar-refractivity contribution in [3.8, 4) is 47.0 Å². The summed E-state index contributed by atoms with van der Waals surface area (Å²) >= 11 is 0. The molecule has 0 radical (unpaired) electrons. The van der Waals surface area contributed by atoms with Crippen molar-refractivity contribution >= 4 is 33.0 Å². The predicted octanol–water partition coefficient (Wildman–Crippen LogP) is 12.5. The first-order valence-electron chi connectivity index (χ1n) is 22.1. The van der Waals surface area contributed by atoms with Gasteiger partial charge >= 0.3 is 33.0 Å². The van der Waals surface area contributed by atoms with Gasteiger partial charge in [-0.25, -0.2) is 39.9 Å². The number of hydrogen-bond donors (Lipinski definition) is 0. The number of hydrogen-bond acceptors (Lipinski definition) is 20. The third kappa shape index (κ3) is 12.7. The first-order valence-corrected chi connectivity index (χ1v) is 27.2. The van der Waals surface area contributed by atoms with Gasteiger partial charge in [0.2, 0.25) is 47.0 Å². The molecule has 8 aromatic heterocycles. The van der Waals surface area contributed by atoms with E-state index in [0.29, 0.717) is 0 Å². The first-order chi connectivity index (χ1) is 34.8. The molecule has 0 aliphatic carbocycles. The van der Waals surface area contributed by atoms with Crippen molar-refractivity contribution in [3.63, 3.8) is 0 Å². The van der Waals surface area contributed by atoms with Crippen molar-refractivity contribution in [3.05, 3.63) is 191 Å². The van der Waals surface area contributed by atoms with E-state index in [2.05, 4.69) is 39.9 Å². The van der Waals surface area contributed by atoms with Crippen LogP contribution < -0.4 is 37.1 Å². The van der Waals surface area contributed by atoms with E-state index in [4.69, 9.17) is 41.6 Å². The highest BCUT2D eigenvalue weighted by atomic mass is 31.3. The van der Waals surface area contributed by atoms with Crippen LogP contribution in [-0.2, 0) is 0 Å². The van der Waals surface area contributed by atoms with Gasteiger partial charge in [0, 0.05) is 112 Å². The second kappa shape index (κ2) is 22.6. The highest BCUT2D eigenvalue weighted by molar-refractivity contribution is 7.78. The summed E-state index contributed by atoms with van der Waals surface area (Å²) in [7, 11) is -12.8. The van der Waals surface area contributed by atoms with Crippen molar-refractivity contribution in [2.75, 3.05) is 0 Å². The van der Waals surface area contributed by atoms with Gasteiger partial charge in [0.25, 0.3) is 0 Å². The van der Waals surface area contributed by atoms with Gasteiger partial charge in [0.05, 0.1) is 0 Å². The molecular weight excluding hydrogens is 996 g/mol. The second-order valence-electron chi connectivity index (χ2n) is 16.2. The quantitative estimate of drug-likeness (QED) is 0.0827. The normalized spacial score (nSPS) is 17.1. The van der Waals surface area contributed by atoms with E-state index in [1.165, 1.54) is 13.8 Å². The van der Waals surface area contributed by atoms with Crippen LogP contribution in [0.1, 0.15) is 44.5 Å². The molecule has 0 saturated heterocycles. The highest BCUT2D eigenvalue weighted by Gasteiger charge is 2.60. The van der Waals surface area contributed by atoms with Gasteiger partial charge in [0.15, 0.2) is 0 Å². The van der Waals surface area contributed by atoms with Gasteiger partial charge in [-0.05, 0) is 148 Å². The van der Waals surface area contributed by atoms with Crippen molar-refractivity contribution in [2.24, 2.45) is 4.52 Å². The molecule has 0 fully saturated rings. The molecule has 9 rings (SSSR count). The Bertz CT molecular complexity index is 3190. The van der Waals surface area contributed by atoms with Crippen LogP contribution in [0.2, 0.25) is 0 Å². The maximum atomic E-state index is 7.24. The molecule has 24 heteroatoms. The Kier molecular flexibility index (Phi) is 15.7. The predicted molar refractivity (Wildman–Crippen MR) is 272 cm³/mol. The smallest absolute Gasteiger partial charge is 0.422 e. The Morgan fingerprint density at radius 2 is 0.625 bits per heavy atom. The molecule has 0 bridgehead atoms. The minimum atomic E-state index is -4.59. The molecule has 9 heterocycles. The van der Waals surface area contributed by atoms with Gasteiger partial charge in [-0.3, -0.25) is 0 Å². The van der Waals surface area contributed by atoms with Crippen LogP contribution in [0.4, 0.5) is 0 Å². The summed E-state index contributed by atoms with van der Waals surface area (Å²) in [6, 6.07) is 28.7. The fourth-order valence-electron chi connectivity index (χ4n) is 6.28. The summed E-state index contributed by atoms with van der Waals surface area (Å²) in [6.45, 7) is 15.3. The van der Waals surface area contributed by atoms with Crippen LogP contribution in [-0.4, -0.2) is 53.7 Å². The number of rotatable bonds is 16. The van der Waals surface area contributed by atoms with E-state index in [-0.39, 0.29) is 47.0 Å². The van der Waals surface area contributed by atoms with Crippen LogP contribution >= 0.6 is 33.0 Å². The minimum Gasteiger partial charge on any atom is -0.422 e. The molecule has 368 valence electrons. The van der Waals surface area contributed by atoms with Gasteiger partial charge in [-0.2, -0.15) is 0 Å². The van der Waals surface area contributed by atoms with E-state index in [1.807, 2.05) is 104 Å². The maximum Gasteiger partial charge on any atom is 0.449 e. The average molecular weight is 1040 g/mol. The van der Waals surface area contributed by atoms with E-state index in [9.17, 15) is 0 Å². The molecule has 0 amide bonds. The Hall–Kier alpha value is -7.00. The van der Waals surface area contributed by atoms with Crippen LogP contribution in [0.25, 0.3) is 0 Å². The van der Waals surface area contributed by atoms with Gasteiger partial charge < -0.3 is 37.1 Å².